The van der Waals surface area contributed by atoms with Crippen LogP contribution in [0.2, 0.25) is 0 Å². The molecule has 0 saturated heterocycles. The van der Waals surface area contributed by atoms with Gasteiger partial charge in [0.05, 0.1) is 4.90 Å². The maximum absolute atomic E-state index is 12.2. The Bertz CT molecular complexity index is 829. The van der Waals surface area contributed by atoms with E-state index in [0.717, 1.165) is 10.8 Å². The van der Waals surface area contributed by atoms with Crippen LogP contribution in [0.4, 0.5) is 13.2 Å². The van der Waals surface area contributed by atoms with Crippen LogP contribution in [-0.4, -0.2) is 11.5 Å². The normalized spacial score (nSPS) is 11.6. The highest BCUT2D eigenvalue weighted by molar-refractivity contribution is 7.99. The van der Waals surface area contributed by atoms with Crippen molar-refractivity contribution in [3.05, 3.63) is 60.7 Å². The molecule has 0 aliphatic rings. The standard InChI is InChI=1S/C17H11F3O2S/c18-17(19,20)22-12-6-8-13(9-7-12)23-16-14-4-2-1-3-11(14)5-10-15(16)21/h1-10,21H. The Morgan fingerprint density at radius 1 is 0.870 bits per heavy atom. The molecule has 0 heterocycles. The SMILES string of the molecule is Oc1ccc2ccccc2c1Sc1ccc(OC(F)(F)F)cc1. The molecule has 3 rings (SSSR count). The summed E-state index contributed by atoms with van der Waals surface area (Å²) in [6.07, 6.45) is -4.71. The molecule has 0 aliphatic heterocycles. The summed E-state index contributed by atoms with van der Waals surface area (Å²) >= 11 is 1.28. The molecular weight excluding hydrogens is 325 g/mol. The van der Waals surface area contributed by atoms with Crippen LogP contribution in [0.15, 0.2) is 70.5 Å². The van der Waals surface area contributed by atoms with Crippen molar-refractivity contribution < 1.29 is 23.0 Å². The van der Waals surface area contributed by atoms with Crippen molar-refractivity contribution in [3.8, 4) is 11.5 Å². The molecule has 3 aromatic carbocycles. The Kier molecular flexibility index (Phi) is 4.09. The van der Waals surface area contributed by atoms with E-state index >= 15 is 0 Å². The van der Waals surface area contributed by atoms with Crippen molar-refractivity contribution in [1.29, 1.82) is 0 Å². The molecule has 0 aliphatic carbocycles. The molecule has 0 fully saturated rings. The quantitative estimate of drug-likeness (QED) is 0.675. The first-order valence-corrected chi connectivity index (χ1v) is 7.48. The number of alkyl halides is 3. The fourth-order valence-corrected chi connectivity index (χ4v) is 3.14. The molecule has 0 bridgehead atoms. The highest BCUT2D eigenvalue weighted by Crippen LogP contribution is 2.40. The minimum Gasteiger partial charge on any atom is -0.507 e. The molecule has 6 heteroatoms. The topological polar surface area (TPSA) is 29.5 Å². The highest BCUT2D eigenvalue weighted by Gasteiger charge is 2.30. The van der Waals surface area contributed by atoms with Gasteiger partial charge < -0.3 is 9.84 Å². The summed E-state index contributed by atoms with van der Waals surface area (Å²) in [5.74, 6) is -0.145. The number of fused-ring (bicyclic) bond motifs is 1. The number of phenolic OH excluding ortho intramolecular Hbond substituents is 1. The van der Waals surface area contributed by atoms with Gasteiger partial charge >= 0.3 is 6.36 Å². The monoisotopic (exact) mass is 336 g/mol. The number of hydrogen-bond donors (Lipinski definition) is 1. The average Bonchev–Trinajstić information content (AvgIpc) is 2.50. The summed E-state index contributed by atoms with van der Waals surface area (Å²) in [5, 5.41) is 11.9. The number of aromatic hydroxyl groups is 1. The number of ether oxygens (including phenoxy) is 1. The summed E-state index contributed by atoms with van der Waals surface area (Å²) < 4.78 is 40.3. The minimum atomic E-state index is -4.71. The van der Waals surface area contributed by atoms with Crippen LogP contribution in [0, 0.1) is 0 Å². The maximum Gasteiger partial charge on any atom is 0.573 e. The lowest BCUT2D eigenvalue weighted by Crippen LogP contribution is -2.16. The summed E-state index contributed by atoms with van der Waals surface area (Å²) in [7, 11) is 0. The first kappa shape index (κ1) is 15.6. The number of rotatable bonds is 3. The van der Waals surface area contributed by atoms with Gasteiger partial charge in [0.15, 0.2) is 0 Å². The van der Waals surface area contributed by atoms with Gasteiger partial charge in [-0.1, -0.05) is 42.1 Å². The van der Waals surface area contributed by atoms with Crippen LogP contribution in [-0.2, 0) is 0 Å². The van der Waals surface area contributed by atoms with Gasteiger partial charge in [-0.05, 0) is 41.1 Å². The van der Waals surface area contributed by atoms with Crippen LogP contribution >= 0.6 is 11.8 Å². The van der Waals surface area contributed by atoms with Crippen LogP contribution < -0.4 is 4.74 Å². The maximum atomic E-state index is 12.2. The Balaban J connectivity index is 1.89. The Labute approximate surface area is 134 Å². The van der Waals surface area contributed by atoms with Crippen molar-refractivity contribution in [2.24, 2.45) is 0 Å². The third-order valence-electron chi connectivity index (χ3n) is 3.14. The molecule has 0 amide bonds. The van der Waals surface area contributed by atoms with Gasteiger partial charge in [-0.3, -0.25) is 0 Å². The van der Waals surface area contributed by atoms with E-state index in [1.807, 2.05) is 30.3 Å². The van der Waals surface area contributed by atoms with E-state index in [9.17, 15) is 18.3 Å². The van der Waals surface area contributed by atoms with Gasteiger partial charge in [0.1, 0.15) is 11.5 Å². The summed E-state index contributed by atoms with van der Waals surface area (Å²) in [5.41, 5.74) is 0. The number of phenols is 1. The van der Waals surface area contributed by atoms with Crippen LogP contribution in [0.1, 0.15) is 0 Å². The van der Waals surface area contributed by atoms with Crippen LogP contribution in [0.25, 0.3) is 10.8 Å². The third-order valence-corrected chi connectivity index (χ3v) is 4.28. The van der Waals surface area contributed by atoms with Crippen LogP contribution in [0.5, 0.6) is 11.5 Å². The molecule has 118 valence electrons. The van der Waals surface area contributed by atoms with E-state index in [4.69, 9.17) is 0 Å². The number of halogens is 3. The molecule has 2 nitrogen and oxygen atoms in total. The second-order valence-electron chi connectivity index (χ2n) is 4.76. The molecule has 1 N–H and O–H groups in total. The smallest absolute Gasteiger partial charge is 0.507 e. The fourth-order valence-electron chi connectivity index (χ4n) is 2.17. The largest absolute Gasteiger partial charge is 0.573 e. The molecule has 0 atom stereocenters. The van der Waals surface area contributed by atoms with Gasteiger partial charge in [0, 0.05) is 4.90 Å². The van der Waals surface area contributed by atoms with E-state index in [1.165, 1.54) is 36.0 Å². The predicted molar refractivity (Wildman–Crippen MR) is 82.9 cm³/mol. The molecule has 0 aromatic heterocycles. The zero-order chi connectivity index (χ0) is 16.4. The predicted octanol–water partition coefficient (Wildman–Crippen LogP) is 5.60. The van der Waals surface area contributed by atoms with E-state index in [1.54, 1.807) is 6.07 Å². The van der Waals surface area contributed by atoms with Gasteiger partial charge in [-0.15, -0.1) is 13.2 Å². The average molecular weight is 336 g/mol. The molecule has 0 spiro atoms. The van der Waals surface area contributed by atoms with E-state index < -0.39 is 6.36 Å². The summed E-state index contributed by atoms with van der Waals surface area (Å²) in [6, 6.07) is 16.5. The molecule has 0 saturated carbocycles. The van der Waals surface area contributed by atoms with E-state index in [0.29, 0.717) is 9.79 Å². The van der Waals surface area contributed by atoms with Crippen molar-refractivity contribution in [2.75, 3.05) is 0 Å². The van der Waals surface area contributed by atoms with Crippen molar-refractivity contribution >= 4 is 22.5 Å². The van der Waals surface area contributed by atoms with Crippen molar-refractivity contribution in [2.45, 2.75) is 16.2 Å². The minimum absolute atomic E-state index is 0.129. The van der Waals surface area contributed by atoms with E-state index in [2.05, 4.69) is 4.74 Å². The second kappa shape index (κ2) is 6.04. The van der Waals surface area contributed by atoms with Gasteiger partial charge in [-0.2, -0.15) is 0 Å². The molecule has 23 heavy (non-hydrogen) atoms. The summed E-state index contributed by atoms with van der Waals surface area (Å²) in [4.78, 5) is 1.36. The molecule has 0 unspecified atom stereocenters. The highest BCUT2D eigenvalue weighted by atomic mass is 32.2. The van der Waals surface area contributed by atoms with Crippen LogP contribution in [0.3, 0.4) is 0 Å². The lowest BCUT2D eigenvalue weighted by atomic mass is 10.1. The fraction of sp³-hybridized carbons (Fsp3) is 0.0588. The van der Waals surface area contributed by atoms with Gasteiger partial charge in [0.2, 0.25) is 0 Å². The summed E-state index contributed by atoms with van der Waals surface area (Å²) in [6.45, 7) is 0. The molecular formula is C17H11F3O2S. The Hall–Kier alpha value is -2.34. The molecule has 0 radical (unpaired) electrons. The first-order chi connectivity index (χ1) is 10.9. The second-order valence-corrected chi connectivity index (χ2v) is 5.84. The van der Waals surface area contributed by atoms with Gasteiger partial charge in [-0.25, -0.2) is 0 Å². The zero-order valence-electron chi connectivity index (χ0n) is 11.7. The Morgan fingerprint density at radius 2 is 1.57 bits per heavy atom. The zero-order valence-corrected chi connectivity index (χ0v) is 12.5. The van der Waals surface area contributed by atoms with Gasteiger partial charge in [0.25, 0.3) is 0 Å². The first-order valence-electron chi connectivity index (χ1n) is 6.67. The lowest BCUT2D eigenvalue weighted by Gasteiger charge is -2.11. The lowest BCUT2D eigenvalue weighted by molar-refractivity contribution is -0.274. The Morgan fingerprint density at radius 3 is 2.26 bits per heavy atom. The van der Waals surface area contributed by atoms with E-state index in [-0.39, 0.29) is 11.5 Å². The van der Waals surface area contributed by atoms with Crippen molar-refractivity contribution in [1.82, 2.24) is 0 Å². The van der Waals surface area contributed by atoms with Crippen molar-refractivity contribution in [3.63, 3.8) is 0 Å². The number of benzene rings is 3. The molecule has 3 aromatic rings. The third kappa shape index (κ3) is 3.71. The number of hydrogen-bond acceptors (Lipinski definition) is 3.